The van der Waals surface area contributed by atoms with Gasteiger partial charge in [-0.25, -0.2) is 9.78 Å². The molecule has 8 heteroatoms. The number of carbonyl (C=O) groups excluding carboxylic acids is 1. The van der Waals surface area contributed by atoms with Crippen molar-refractivity contribution in [2.45, 2.75) is 32.9 Å². The van der Waals surface area contributed by atoms with E-state index in [2.05, 4.69) is 20.7 Å². The third kappa shape index (κ3) is 4.05. The van der Waals surface area contributed by atoms with Crippen LogP contribution < -0.4 is 10.6 Å². The number of nitrogens with zero attached hydrogens (tertiary/aromatic N) is 3. The van der Waals surface area contributed by atoms with Gasteiger partial charge in [-0.15, -0.1) is 11.3 Å². The molecule has 0 radical (unpaired) electrons. The van der Waals surface area contributed by atoms with E-state index in [-0.39, 0.29) is 12.6 Å². The summed E-state index contributed by atoms with van der Waals surface area (Å²) in [5.74, 6) is 0. The van der Waals surface area contributed by atoms with Crippen molar-refractivity contribution in [1.82, 2.24) is 25.4 Å². The largest absolute Gasteiger partial charge is 0.383 e. The van der Waals surface area contributed by atoms with Crippen LogP contribution in [0.5, 0.6) is 0 Å². The Balaban J connectivity index is 1.82. The summed E-state index contributed by atoms with van der Waals surface area (Å²) in [6.45, 7) is 6.06. The molecule has 7 nitrogen and oxygen atoms in total. The number of carbonyl (C=O) groups is 1. The van der Waals surface area contributed by atoms with Crippen LogP contribution in [0, 0.1) is 13.8 Å². The summed E-state index contributed by atoms with van der Waals surface area (Å²) < 4.78 is 1.61. The van der Waals surface area contributed by atoms with Crippen molar-refractivity contribution >= 4 is 17.4 Å². The van der Waals surface area contributed by atoms with Crippen molar-refractivity contribution in [2.24, 2.45) is 7.05 Å². The van der Waals surface area contributed by atoms with E-state index in [1.54, 1.807) is 42.4 Å². The number of urea groups is 1. The standard InChI is InChI=1S/C14H21N5O2S/c1-9-10(2)22-12(18-9)6-15-13(20)16-8-14(3,21)11-5-17-19(4)7-11/h5,7,21H,6,8H2,1-4H3,(H2,15,16,20). The van der Waals surface area contributed by atoms with Crippen molar-refractivity contribution in [3.05, 3.63) is 33.5 Å². The van der Waals surface area contributed by atoms with E-state index in [0.29, 0.717) is 12.1 Å². The molecule has 0 aliphatic rings. The zero-order valence-corrected chi connectivity index (χ0v) is 14.0. The lowest BCUT2D eigenvalue weighted by atomic mass is 10.00. The minimum atomic E-state index is -1.17. The highest BCUT2D eigenvalue weighted by atomic mass is 32.1. The Morgan fingerprint density at radius 3 is 2.73 bits per heavy atom. The zero-order valence-electron chi connectivity index (χ0n) is 13.2. The molecule has 0 spiro atoms. The Morgan fingerprint density at radius 1 is 1.45 bits per heavy atom. The zero-order chi connectivity index (χ0) is 16.3. The van der Waals surface area contributed by atoms with Crippen LogP contribution in [-0.2, 0) is 19.2 Å². The van der Waals surface area contributed by atoms with Crippen LogP contribution in [0.1, 0.15) is 28.1 Å². The molecule has 2 rings (SSSR count). The minimum absolute atomic E-state index is 0.0977. The third-order valence-electron chi connectivity index (χ3n) is 3.39. The Kier molecular flexibility index (Phi) is 4.82. The Hall–Kier alpha value is -1.93. The molecule has 0 saturated carbocycles. The predicted molar refractivity (Wildman–Crippen MR) is 84.6 cm³/mol. The summed E-state index contributed by atoms with van der Waals surface area (Å²) in [7, 11) is 1.78. The summed E-state index contributed by atoms with van der Waals surface area (Å²) >= 11 is 1.57. The molecule has 0 aromatic carbocycles. The SMILES string of the molecule is Cc1nc(CNC(=O)NCC(C)(O)c2cnn(C)c2)sc1C. The summed E-state index contributed by atoms with van der Waals surface area (Å²) in [6.07, 6.45) is 3.31. The first kappa shape index (κ1) is 16.4. The Morgan fingerprint density at radius 2 is 2.18 bits per heavy atom. The molecular formula is C14H21N5O2S. The monoisotopic (exact) mass is 323 g/mol. The number of aliphatic hydroxyl groups is 1. The normalized spacial score (nSPS) is 13.7. The highest BCUT2D eigenvalue weighted by molar-refractivity contribution is 7.11. The number of aryl methyl sites for hydroxylation is 3. The molecule has 3 N–H and O–H groups in total. The van der Waals surface area contributed by atoms with E-state index in [0.717, 1.165) is 15.6 Å². The highest BCUT2D eigenvalue weighted by Crippen LogP contribution is 2.18. The van der Waals surface area contributed by atoms with Crippen molar-refractivity contribution in [3.8, 4) is 0 Å². The van der Waals surface area contributed by atoms with Gasteiger partial charge in [0.1, 0.15) is 10.6 Å². The molecule has 1 unspecified atom stereocenters. The molecular weight excluding hydrogens is 302 g/mol. The summed E-state index contributed by atoms with van der Waals surface area (Å²) in [6, 6.07) is -0.338. The fourth-order valence-corrected chi connectivity index (χ4v) is 2.76. The second-order valence-electron chi connectivity index (χ2n) is 5.46. The van der Waals surface area contributed by atoms with Gasteiger partial charge in [0.2, 0.25) is 0 Å². The van der Waals surface area contributed by atoms with Crippen LogP contribution >= 0.6 is 11.3 Å². The average molecular weight is 323 g/mol. The van der Waals surface area contributed by atoms with Crippen LogP contribution in [0.4, 0.5) is 4.79 Å². The molecule has 0 bridgehead atoms. The highest BCUT2D eigenvalue weighted by Gasteiger charge is 2.25. The number of nitrogens with one attached hydrogen (secondary N) is 2. The van der Waals surface area contributed by atoms with Gasteiger partial charge in [-0.2, -0.15) is 5.10 Å². The third-order valence-corrected chi connectivity index (χ3v) is 4.47. The van der Waals surface area contributed by atoms with E-state index in [1.807, 2.05) is 13.8 Å². The second kappa shape index (κ2) is 6.45. The second-order valence-corrected chi connectivity index (χ2v) is 6.75. The number of hydrogen-bond donors (Lipinski definition) is 3. The van der Waals surface area contributed by atoms with Gasteiger partial charge in [-0.1, -0.05) is 0 Å². The lowest BCUT2D eigenvalue weighted by Crippen LogP contribution is -2.43. The van der Waals surface area contributed by atoms with Crippen LogP contribution in [0.15, 0.2) is 12.4 Å². The summed E-state index contributed by atoms with van der Waals surface area (Å²) in [5.41, 5.74) is 0.475. The van der Waals surface area contributed by atoms with Gasteiger partial charge in [0.15, 0.2) is 0 Å². The van der Waals surface area contributed by atoms with Gasteiger partial charge in [-0.05, 0) is 20.8 Å². The van der Waals surface area contributed by atoms with E-state index in [4.69, 9.17) is 0 Å². The van der Waals surface area contributed by atoms with Crippen molar-refractivity contribution in [3.63, 3.8) is 0 Å². The first-order valence-corrected chi connectivity index (χ1v) is 7.75. The molecule has 2 aromatic rings. The smallest absolute Gasteiger partial charge is 0.315 e. The average Bonchev–Trinajstić information content (AvgIpc) is 3.02. The maximum Gasteiger partial charge on any atom is 0.315 e. The molecule has 22 heavy (non-hydrogen) atoms. The molecule has 2 heterocycles. The fraction of sp³-hybridized carbons (Fsp3) is 0.500. The van der Waals surface area contributed by atoms with Gasteiger partial charge >= 0.3 is 6.03 Å². The Bertz CT molecular complexity index is 642. The quantitative estimate of drug-likeness (QED) is 0.771. The topological polar surface area (TPSA) is 92.1 Å². The van der Waals surface area contributed by atoms with Gasteiger partial charge in [0.25, 0.3) is 0 Å². The predicted octanol–water partition coefficient (Wildman–Crippen LogP) is 1.20. The maximum absolute atomic E-state index is 11.8. The summed E-state index contributed by atoms with van der Waals surface area (Å²) in [5, 5.41) is 20.6. The van der Waals surface area contributed by atoms with Crippen LogP contribution in [0.2, 0.25) is 0 Å². The van der Waals surface area contributed by atoms with Crippen molar-refractivity contribution < 1.29 is 9.90 Å². The maximum atomic E-state index is 11.8. The molecule has 0 fully saturated rings. The fourth-order valence-electron chi connectivity index (χ4n) is 1.89. The first-order valence-electron chi connectivity index (χ1n) is 6.94. The van der Waals surface area contributed by atoms with Crippen LogP contribution in [-0.4, -0.2) is 32.4 Å². The van der Waals surface area contributed by atoms with Gasteiger partial charge < -0.3 is 15.7 Å². The lowest BCUT2D eigenvalue weighted by molar-refractivity contribution is 0.0593. The number of rotatable bonds is 5. The number of aromatic nitrogens is 3. The number of amides is 2. The molecule has 1 atom stereocenters. The molecule has 120 valence electrons. The molecule has 0 saturated heterocycles. The van der Waals surface area contributed by atoms with E-state index in [1.165, 1.54) is 0 Å². The molecule has 0 aliphatic carbocycles. The molecule has 2 amide bonds. The van der Waals surface area contributed by atoms with Gasteiger partial charge in [0.05, 0.1) is 25.0 Å². The van der Waals surface area contributed by atoms with Gasteiger partial charge in [0, 0.05) is 23.7 Å². The van der Waals surface area contributed by atoms with Crippen LogP contribution in [0.3, 0.4) is 0 Å². The van der Waals surface area contributed by atoms with E-state index >= 15 is 0 Å². The van der Waals surface area contributed by atoms with E-state index in [9.17, 15) is 9.90 Å². The first-order chi connectivity index (χ1) is 10.3. The molecule has 2 aromatic heterocycles. The minimum Gasteiger partial charge on any atom is -0.383 e. The number of thiazole rings is 1. The summed E-state index contributed by atoms with van der Waals surface area (Å²) in [4.78, 5) is 17.3. The van der Waals surface area contributed by atoms with E-state index < -0.39 is 5.60 Å². The molecule has 0 aliphatic heterocycles. The lowest BCUT2D eigenvalue weighted by Gasteiger charge is -2.22. The Labute approximate surface area is 133 Å². The van der Waals surface area contributed by atoms with Crippen molar-refractivity contribution in [1.29, 1.82) is 0 Å². The number of hydrogen-bond acceptors (Lipinski definition) is 5. The van der Waals surface area contributed by atoms with Gasteiger partial charge in [-0.3, -0.25) is 4.68 Å². The van der Waals surface area contributed by atoms with Crippen molar-refractivity contribution in [2.75, 3.05) is 6.54 Å². The van der Waals surface area contributed by atoms with Crippen LogP contribution in [0.25, 0.3) is 0 Å².